The molecule has 3 nitrogen and oxygen atoms in total. The molecule has 0 aliphatic heterocycles. The molecule has 0 saturated heterocycles. The fraction of sp³-hybridized carbons (Fsp3) is 0.0714. The molecular weight excluding hydrogens is 210 g/mol. The van der Waals surface area contributed by atoms with E-state index in [2.05, 4.69) is 11.4 Å². The Balaban J connectivity index is 2.40. The zero-order valence-corrected chi connectivity index (χ0v) is 9.57. The van der Waals surface area contributed by atoms with Gasteiger partial charge >= 0.3 is 0 Å². The SMILES string of the molecule is Cc1cccc(C#N)c1Nc1cccc(N)c1. The number of hydrogen-bond acceptors (Lipinski definition) is 3. The van der Waals surface area contributed by atoms with Gasteiger partial charge in [0.2, 0.25) is 0 Å². The van der Waals surface area contributed by atoms with E-state index in [9.17, 15) is 0 Å². The van der Waals surface area contributed by atoms with Crippen LogP contribution in [0.5, 0.6) is 0 Å². The number of nitrogens with two attached hydrogens (primary N) is 1. The molecule has 3 N–H and O–H groups in total. The van der Waals surface area contributed by atoms with E-state index in [-0.39, 0.29) is 0 Å². The molecule has 0 fully saturated rings. The first-order chi connectivity index (χ1) is 8.20. The Labute approximate surface area is 101 Å². The molecule has 17 heavy (non-hydrogen) atoms. The first-order valence-corrected chi connectivity index (χ1v) is 5.33. The van der Waals surface area contributed by atoms with Crippen LogP contribution < -0.4 is 11.1 Å². The van der Waals surface area contributed by atoms with Crippen LogP contribution in [-0.2, 0) is 0 Å². The Hall–Kier alpha value is -2.47. The topological polar surface area (TPSA) is 61.8 Å². The van der Waals surface area contributed by atoms with Gasteiger partial charge in [-0.15, -0.1) is 0 Å². The summed E-state index contributed by atoms with van der Waals surface area (Å²) >= 11 is 0. The van der Waals surface area contributed by atoms with Crippen LogP contribution in [0.4, 0.5) is 17.1 Å². The summed E-state index contributed by atoms with van der Waals surface area (Å²) in [6, 6.07) is 15.3. The van der Waals surface area contributed by atoms with Crippen LogP contribution in [0.2, 0.25) is 0 Å². The van der Waals surface area contributed by atoms with E-state index in [1.165, 1.54) is 0 Å². The number of nitrogens with one attached hydrogen (secondary N) is 1. The van der Waals surface area contributed by atoms with Gasteiger partial charge in [-0.3, -0.25) is 0 Å². The highest BCUT2D eigenvalue weighted by molar-refractivity contribution is 5.71. The number of benzene rings is 2. The Bertz CT molecular complexity index is 582. The lowest BCUT2D eigenvalue weighted by molar-refractivity contribution is 1.39. The molecule has 2 aromatic carbocycles. The third-order valence-corrected chi connectivity index (χ3v) is 2.55. The van der Waals surface area contributed by atoms with Gasteiger partial charge in [0, 0.05) is 11.4 Å². The minimum absolute atomic E-state index is 0.632. The highest BCUT2D eigenvalue weighted by Crippen LogP contribution is 2.25. The number of nitrogens with zero attached hydrogens (tertiary/aromatic N) is 1. The van der Waals surface area contributed by atoms with Gasteiger partial charge in [-0.25, -0.2) is 0 Å². The van der Waals surface area contributed by atoms with Gasteiger partial charge in [-0.2, -0.15) is 5.26 Å². The van der Waals surface area contributed by atoms with Crippen molar-refractivity contribution in [1.82, 2.24) is 0 Å². The predicted octanol–water partition coefficient (Wildman–Crippen LogP) is 3.19. The molecule has 3 heteroatoms. The summed E-state index contributed by atoms with van der Waals surface area (Å²) in [5.74, 6) is 0. The van der Waals surface area contributed by atoms with Crippen molar-refractivity contribution in [3.63, 3.8) is 0 Å². The van der Waals surface area contributed by atoms with Gasteiger partial charge < -0.3 is 11.1 Å². The maximum Gasteiger partial charge on any atom is 0.101 e. The molecule has 0 aromatic heterocycles. The van der Waals surface area contributed by atoms with Crippen LogP contribution in [0.3, 0.4) is 0 Å². The average Bonchev–Trinajstić information content (AvgIpc) is 2.32. The normalized spacial score (nSPS) is 9.65. The third-order valence-electron chi connectivity index (χ3n) is 2.55. The van der Waals surface area contributed by atoms with Gasteiger partial charge in [0.25, 0.3) is 0 Å². The second-order valence-corrected chi connectivity index (χ2v) is 3.86. The molecule has 2 rings (SSSR count). The molecule has 0 aliphatic carbocycles. The van der Waals surface area contributed by atoms with Gasteiger partial charge in [0.1, 0.15) is 6.07 Å². The lowest BCUT2D eigenvalue weighted by Gasteiger charge is -2.11. The summed E-state index contributed by atoms with van der Waals surface area (Å²) in [6.07, 6.45) is 0. The average molecular weight is 223 g/mol. The smallest absolute Gasteiger partial charge is 0.101 e. The zero-order chi connectivity index (χ0) is 12.3. The molecule has 84 valence electrons. The summed E-state index contributed by atoms with van der Waals surface area (Å²) < 4.78 is 0. The first-order valence-electron chi connectivity index (χ1n) is 5.33. The van der Waals surface area contributed by atoms with Crippen LogP contribution in [0.25, 0.3) is 0 Å². The molecular formula is C14H13N3. The minimum atomic E-state index is 0.632. The van der Waals surface area contributed by atoms with Crippen LogP contribution in [0.15, 0.2) is 42.5 Å². The van der Waals surface area contributed by atoms with Gasteiger partial charge in [-0.1, -0.05) is 18.2 Å². The number of anilines is 3. The van der Waals surface area contributed by atoms with Crippen molar-refractivity contribution in [1.29, 1.82) is 5.26 Å². The molecule has 0 atom stereocenters. The summed E-state index contributed by atoms with van der Waals surface area (Å²) in [7, 11) is 0. The molecule has 0 spiro atoms. The lowest BCUT2D eigenvalue weighted by Crippen LogP contribution is -1.97. The molecule has 0 heterocycles. The Morgan fingerprint density at radius 2 is 1.94 bits per heavy atom. The first kappa shape index (κ1) is 11.0. The number of nitrogen functional groups attached to an aromatic ring is 1. The van der Waals surface area contributed by atoms with Crippen molar-refractivity contribution in [3.05, 3.63) is 53.6 Å². The van der Waals surface area contributed by atoms with E-state index in [1.807, 2.05) is 43.3 Å². The second kappa shape index (κ2) is 4.58. The maximum atomic E-state index is 9.06. The summed E-state index contributed by atoms with van der Waals surface area (Å²) in [6.45, 7) is 1.97. The number of para-hydroxylation sites is 1. The molecule has 0 unspecified atom stereocenters. The maximum absolute atomic E-state index is 9.06. The van der Waals surface area contributed by atoms with E-state index < -0.39 is 0 Å². The van der Waals surface area contributed by atoms with Crippen molar-refractivity contribution >= 4 is 17.1 Å². The van der Waals surface area contributed by atoms with E-state index in [0.29, 0.717) is 11.3 Å². The van der Waals surface area contributed by atoms with Crippen LogP contribution >= 0.6 is 0 Å². The van der Waals surface area contributed by atoms with E-state index in [0.717, 1.165) is 16.9 Å². The van der Waals surface area contributed by atoms with Crippen molar-refractivity contribution in [2.24, 2.45) is 0 Å². The van der Waals surface area contributed by atoms with Gasteiger partial charge in [0.05, 0.1) is 11.3 Å². The van der Waals surface area contributed by atoms with E-state index in [4.69, 9.17) is 11.0 Å². The highest BCUT2D eigenvalue weighted by Gasteiger charge is 2.05. The Morgan fingerprint density at radius 3 is 2.65 bits per heavy atom. The molecule has 0 aliphatic rings. The van der Waals surface area contributed by atoms with Crippen molar-refractivity contribution in [2.75, 3.05) is 11.1 Å². The van der Waals surface area contributed by atoms with Gasteiger partial charge in [-0.05, 0) is 36.8 Å². The third kappa shape index (κ3) is 2.37. The van der Waals surface area contributed by atoms with Crippen LogP contribution in [0, 0.1) is 18.3 Å². The molecule has 0 bridgehead atoms. The Kier molecular flexibility index (Phi) is 2.97. The van der Waals surface area contributed by atoms with E-state index >= 15 is 0 Å². The molecule has 0 radical (unpaired) electrons. The highest BCUT2D eigenvalue weighted by atomic mass is 14.9. The van der Waals surface area contributed by atoms with Crippen LogP contribution in [-0.4, -0.2) is 0 Å². The zero-order valence-electron chi connectivity index (χ0n) is 9.57. The van der Waals surface area contributed by atoms with Crippen molar-refractivity contribution in [3.8, 4) is 6.07 Å². The largest absolute Gasteiger partial charge is 0.399 e. The van der Waals surface area contributed by atoms with Crippen molar-refractivity contribution in [2.45, 2.75) is 6.92 Å². The number of nitriles is 1. The number of hydrogen-bond donors (Lipinski definition) is 2. The fourth-order valence-electron chi connectivity index (χ4n) is 1.69. The summed E-state index contributed by atoms with van der Waals surface area (Å²) in [5.41, 5.74) is 9.80. The standard InChI is InChI=1S/C14H13N3/c1-10-4-2-5-11(9-15)14(10)17-13-7-3-6-12(16)8-13/h2-8,17H,16H2,1H3. The summed E-state index contributed by atoms with van der Waals surface area (Å²) in [4.78, 5) is 0. The fourth-order valence-corrected chi connectivity index (χ4v) is 1.69. The molecule has 0 amide bonds. The lowest BCUT2D eigenvalue weighted by atomic mass is 10.1. The van der Waals surface area contributed by atoms with Crippen LogP contribution in [0.1, 0.15) is 11.1 Å². The molecule has 2 aromatic rings. The van der Waals surface area contributed by atoms with Gasteiger partial charge in [0.15, 0.2) is 0 Å². The Morgan fingerprint density at radius 1 is 1.18 bits per heavy atom. The predicted molar refractivity (Wildman–Crippen MR) is 70.0 cm³/mol. The van der Waals surface area contributed by atoms with E-state index in [1.54, 1.807) is 6.07 Å². The monoisotopic (exact) mass is 223 g/mol. The summed E-state index contributed by atoms with van der Waals surface area (Å²) in [5, 5.41) is 12.3. The number of rotatable bonds is 2. The number of aryl methyl sites for hydroxylation is 1. The quantitative estimate of drug-likeness (QED) is 0.768. The molecule has 0 saturated carbocycles. The minimum Gasteiger partial charge on any atom is -0.399 e. The second-order valence-electron chi connectivity index (χ2n) is 3.86. The van der Waals surface area contributed by atoms with Crippen molar-refractivity contribution < 1.29 is 0 Å².